The molecule has 1 saturated heterocycles. The predicted octanol–water partition coefficient (Wildman–Crippen LogP) is 4.12. The van der Waals surface area contributed by atoms with Crippen LogP contribution < -0.4 is 10.2 Å². The van der Waals surface area contributed by atoms with Gasteiger partial charge in [0.2, 0.25) is 0 Å². The molecule has 3 nitrogen and oxygen atoms in total. The van der Waals surface area contributed by atoms with Gasteiger partial charge in [-0.25, -0.2) is 0 Å². The number of anilines is 1. The van der Waals surface area contributed by atoms with Crippen molar-refractivity contribution in [2.75, 3.05) is 31.7 Å². The van der Waals surface area contributed by atoms with Gasteiger partial charge < -0.3 is 15.0 Å². The molecule has 1 aliphatic rings. The second-order valence-corrected chi connectivity index (χ2v) is 6.69. The second-order valence-electron chi connectivity index (χ2n) is 5.84. The number of nitrogens with one attached hydrogen (secondary N) is 1. The van der Waals surface area contributed by atoms with E-state index in [2.05, 4.69) is 65.2 Å². The van der Waals surface area contributed by atoms with Gasteiger partial charge in [0.25, 0.3) is 0 Å². The molecule has 0 saturated carbocycles. The van der Waals surface area contributed by atoms with Gasteiger partial charge in [-0.05, 0) is 50.4 Å². The minimum atomic E-state index is 0.377. The molecular weight excluding hydrogens is 328 g/mol. The molecule has 1 N–H and O–H groups in total. The molecule has 21 heavy (non-hydrogen) atoms. The van der Waals surface area contributed by atoms with E-state index in [4.69, 9.17) is 4.74 Å². The molecule has 0 radical (unpaired) electrons. The average Bonchev–Trinajstić information content (AvgIpc) is 2.52. The van der Waals surface area contributed by atoms with Crippen molar-refractivity contribution in [2.45, 2.75) is 45.2 Å². The zero-order valence-corrected chi connectivity index (χ0v) is 14.9. The zero-order chi connectivity index (χ0) is 15.2. The van der Waals surface area contributed by atoms with Crippen molar-refractivity contribution in [3.8, 4) is 0 Å². The molecule has 1 unspecified atom stereocenters. The standard InChI is InChI=1S/C17H27BrN2O/c1-4-9-19-13(2)16-6-5-15(12-17(16)18)20(3)14-7-10-21-11-8-14/h5-6,12-14,19H,4,7-11H2,1-3H3. The van der Waals surface area contributed by atoms with Gasteiger partial charge in [0, 0.05) is 42.5 Å². The van der Waals surface area contributed by atoms with Crippen molar-refractivity contribution in [2.24, 2.45) is 0 Å². The highest BCUT2D eigenvalue weighted by Gasteiger charge is 2.19. The molecule has 0 bridgehead atoms. The summed E-state index contributed by atoms with van der Waals surface area (Å²) >= 11 is 3.74. The molecule has 2 rings (SSSR count). The average molecular weight is 355 g/mol. The molecule has 1 aromatic carbocycles. The summed E-state index contributed by atoms with van der Waals surface area (Å²) in [5, 5.41) is 3.54. The summed E-state index contributed by atoms with van der Waals surface area (Å²) in [7, 11) is 2.19. The predicted molar refractivity (Wildman–Crippen MR) is 93.1 cm³/mol. The van der Waals surface area contributed by atoms with Gasteiger partial charge in [-0.2, -0.15) is 0 Å². The van der Waals surface area contributed by atoms with Gasteiger partial charge in [0.1, 0.15) is 0 Å². The van der Waals surface area contributed by atoms with E-state index in [0.717, 1.165) is 39.0 Å². The monoisotopic (exact) mass is 354 g/mol. The van der Waals surface area contributed by atoms with Gasteiger partial charge >= 0.3 is 0 Å². The van der Waals surface area contributed by atoms with Gasteiger partial charge in [0.05, 0.1) is 0 Å². The summed E-state index contributed by atoms with van der Waals surface area (Å²) < 4.78 is 6.64. The lowest BCUT2D eigenvalue weighted by Crippen LogP contribution is -2.36. The van der Waals surface area contributed by atoms with Crippen LogP contribution >= 0.6 is 15.9 Å². The van der Waals surface area contributed by atoms with Gasteiger partial charge in [-0.1, -0.05) is 28.9 Å². The lowest BCUT2D eigenvalue weighted by Gasteiger charge is -2.33. The summed E-state index contributed by atoms with van der Waals surface area (Å²) in [5.41, 5.74) is 2.60. The lowest BCUT2D eigenvalue weighted by molar-refractivity contribution is 0.0855. The molecule has 1 fully saturated rings. The Kier molecular flexibility index (Phi) is 6.52. The Labute approximate surface area is 137 Å². The summed E-state index contributed by atoms with van der Waals surface area (Å²) in [6, 6.07) is 7.69. The molecule has 0 amide bonds. The molecule has 1 heterocycles. The van der Waals surface area contributed by atoms with Gasteiger partial charge in [-0.15, -0.1) is 0 Å². The van der Waals surface area contributed by atoms with E-state index >= 15 is 0 Å². The summed E-state index contributed by atoms with van der Waals surface area (Å²) in [6.07, 6.45) is 3.39. The fourth-order valence-corrected chi connectivity index (χ4v) is 3.55. The number of hydrogen-bond acceptors (Lipinski definition) is 3. The van der Waals surface area contributed by atoms with Crippen molar-refractivity contribution < 1.29 is 4.74 Å². The van der Waals surface area contributed by atoms with E-state index in [1.54, 1.807) is 0 Å². The van der Waals surface area contributed by atoms with Crippen LogP contribution in [0.3, 0.4) is 0 Å². The van der Waals surface area contributed by atoms with Crippen LogP contribution in [-0.2, 0) is 4.74 Å². The van der Waals surface area contributed by atoms with Crippen molar-refractivity contribution in [1.29, 1.82) is 0 Å². The summed E-state index contributed by atoms with van der Waals surface area (Å²) in [4.78, 5) is 2.39. The number of halogens is 1. The van der Waals surface area contributed by atoms with Crippen LogP contribution in [0, 0.1) is 0 Å². The molecule has 1 atom stereocenters. The number of hydrogen-bond donors (Lipinski definition) is 1. The minimum Gasteiger partial charge on any atom is -0.381 e. The quantitative estimate of drug-likeness (QED) is 0.831. The van der Waals surface area contributed by atoms with Crippen LogP contribution in [0.25, 0.3) is 0 Å². The van der Waals surface area contributed by atoms with Crippen molar-refractivity contribution in [3.63, 3.8) is 0 Å². The Bertz CT molecular complexity index is 446. The van der Waals surface area contributed by atoms with Gasteiger partial charge in [-0.3, -0.25) is 0 Å². The van der Waals surface area contributed by atoms with E-state index < -0.39 is 0 Å². The van der Waals surface area contributed by atoms with E-state index in [1.165, 1.54) is 15.7 Å². The third kappa shape index (κ3) is 4.44. The molecule has 0 spiro atoms. The molecule has 0 aromatic heterocycles. The first-order valence-electron chi connectivity index (χ1n) is 7.97. The highest BCUT2D eigenvalue weighted by atomic mass is 79.9. The second kappa shape index (κ2) is 8.16. The fraction of sp³-hybridized carbons (Fsp3) is 0.647. The Balaban J connectivity index is 2.06. The maximum atomic E-state index is 5.45. The first-order chi connectivity index (χ1) is 10.1. The van der Waals surface area contributed by atoms with Gasteiger partial charge in [0.15, 0.2) is 0 Å². The van der Waals surface area contributed by atoms with Crippen molar-refractivity contribution in [1.82, 2.24) is 5.32 Å². The Morgan fingerprint density at radius 1 is 1.38 bits per heavy atom. The van der Waals surface area contributed by atoms with Crippen molar-refractivity contribution in [3.05, 3.63) is 28.2 Å². The van der Waals surface area contributed by atoms with Crippen LogP contribution in [-0.4, -0.2) is 32.8 Å². The van der Waals surface area contributed by atoms with Crippen LogP contribution in [0.5, 0.6) is 0 Å². The third-order valence-corrected chi connectivity index (χ3v) is 4.98. The normalized spacial score (nSPS) is 17.7. The molecule has 4 heteroatoms. The molecule has 1 aromatic rings. The van der Waals surface area contributed by atoms with E-state index in [0.29, 0.717) is 12.1 Å². The Morgan fingerprint density at radius 3 is 2.71 bits per heavy atom. The lowest BCUT2D eigenvalue weighted by atomic mass is 10.0. The summed E-state index contributed by atoms with van der Waals surface area (Å²) in [6.45, 7) is 7.23. The summed E-state index contributed by atoms with van der Waals surface area (Å²) in [5.74, 6) is 0. The smallest absolute Gasteiger partial charge is 0.0485 e. The highest BCUT2D eigenvalue weighted by Crippen LogP contribution is 2.30. The zero-order valence-electron chi connectivity index (χ0n) is 13.4. The third-order valence-electron chi connectivity index (χ3n) is 4.30. The van der Waals surface area contributed by atoms with E-state index in [-0.39, 0.29) is 0 Å². The van der Waals surface area contributed by atoms with Crippen LogP contribution in [0.15, 0.2) is 22.7 Å². The SMILES string of the molecule is CCCNC(C)c1ccc(N(C)C2CCOCC2)cc1Br. The molecule has 0 aliphatic carbocycles. The fourth-order valence-electron chi connectivity index (χ4n) is 2.84. The van der Waals surface area contributed by atoms with E-state index in [1.807, 2.05) is 0 Å². The first kappa shape index (κ1) is 16.8. The Morgan fingerprint density at radius 2 is 2.10 bits per heavy atom. The highest BCUT2D eigenvalue weighted by molar-refractivity contribution is 9.10. The molecule has 118 valence electrons. The van der Waals surface area contributed by atoms with Crippen LogP contribution in [0.4, 0.5) is 5.69 Å². The molecule has 1 aliphatic heterocycles. The first-order valence-corrected chi connectivity index (χ1v) is 8.76. The minimum absolute atomic E-state index is 0.377. The van der Waals surface area contributed by atoms with Crippen LogP contribution in [0.2, 0.25) is 0 Å². The molecular formula is C17H27BrN2O. The van der Waals surface area contributed by atoms with Crippen LogP contribution in [0.1, 0.15) is 44.7 Å². The van der Waals surface area contributed by atoms with Crippen molar-refractivity contribution >= 4 is 21.6 Å². The topological polar surface area (TPSA) is 24.5 Å². The number of ether oxygens (including phenoxy) is 1. The number of benzene rings is 1. The number of rotatable bonds is 6. The maximum absolute atomic E-state index is 5.45. The van der Waals surface area contributed by atoms with E-state index in [9.17, 15) is 0 Å². The maximum Gasteiger partial charge on any atom is 0.0485 e. The Hall–Kier alpha value is -0.580. The largest absolute Gasteiger partial charge is 0.381 e. The number of nitrogens with zero attached hydrogens (tertiary/aromatic N) is 1.